The monoisotopic (exact) mass is 1330 g/mol. The first-order chi connectivity index (χ1) is 51.1. The Morgan fingerprint density at radius 3 is 0.452 bits per heavy atom. The van der Waals surface area contributed by atoms with Crippen molar-refractivity contribution in [1.29, 1.82) is 0 Å². The van der Waals surface area contributed by atoms with Crippen molar-refractivity contribution in [3.8, 4) is 71.0 Å². The molecule has 8 bridgehead atoms. The van der Waals surface area contributed by atoms with Crippen LogP contribution in [-0.2, 0) is 32.5 Å². The summed E-state index contributed by atoms with van der Waals surface area (Å²) in [5.41, 5.74) is 21.7. The molecule has 0 spiro atoms. The zero-order chi connectivity index (χ0) is 69.7. The minimum Gasteiger partial charge on any atom is -0.0622 e. The van der Waals surface area contributed by atoms with Crippen LogP contribution in [0.5, 0.6) is 0 Å². The molecule has 0 heteroatoms. The third-order valence-corrected chi connectivity index (χ3v) is 23.9. The molecular weight excluding hydrogens is 1250 g/mol. The number of benzene rings is 12. The highest BCUT2D eigenvalue weighted by atomic mass is 14.7. The van der Waals surface area contributed by atoms with Crippen LogP contribution in [0.3, 0.4) is 0 Å². The molecule has 0 saturated heterocycles. The summed E-state index contributed by atoms with van der Waals surface area (Å²) in [5.74, 6) is 42.4. The second-order valence-electron chi connectivity index (χ2n) is 30.9. The summed E-state index contributed by atoms with van der Waals surface area (Å²) < 4.78 is 0. The Morgan fingerprint density at radius 2 is 0.288 bits per heavy atom. The highest BCUT2D eigenvalue weighted by molar-refractivity contribution is 5.56. The second-order valence-corrected chi connectivity index (χ2v) is 30.9. The molecule has 12 aromatic carbocycles. The first-order valence-electron chi connectivity index (χ1n) is 37.2. The van der Waals surface area contributed by atoms with Crippen LogP contribution in [-0.4, -0.2) is 0 Å². The van der Waals surface area contributed by atoms with Crippen LogP contribution in [0.25, 0.3) is 0 Å². The summed E-state index contributed by atoms with van der Waals surface area (Å²) in [6.07, 6.45) is 14.6. The van der Waals surface area contributed by atoms with Crippen molar-refractivity contribution < 1.29 is 0 Å². The van der Waals surface area contributed by atoms with Crippen LogP contribution in [0, 0.1) is 82.9 Å². The molecule has 0 N–H and O–H groups in total. The van der Waals surface area contributed by atoms with E-state index in [0.29, 0.717) is 10.8 Å². The topological polar surface area (TPSA) is 0 Å². The molecule has 0 nitrogen and oxygen atoms in total. The van der Waals surface area contributed by atoms with Gasteiger partial charge in [0.1, 0.15) is 0 Å². The van der Waals surface area contributed by atoms with E-state index in [4.69, 9.17) is 0 Å². The van der Waals surface area contributed by atoms with E-state index in [0.717, 1.165) is 117 Å². The molecule has 0 heterocycles. The van der Waals surface area contributed by atoms with Crippen molar-refractivity contribution in [3.05, 3.63) is 428 Å². The molecule has 8 fully saturated rings. The summed E-state index contributed by atoms with van der Waals surface area (Å²) in [7, 11) is 0. The van der Waals surface area contributed by atoms with Crippen LogP contribution in [0.2, 0.25) is 0 Å². The molecule has 8 aliphatic carbocycles. The Hall–Kier alpha value is -12.0. The van der Waals surface area contributed by atoms with E-state index in [1.165, 1.54) is 71.9 Å². The van der Waals surface area contributed by atoms with Gasteiger partial charge in [-0.2, -0.15) is 0 Å². The van der Waals surface area contributed by atoms with Crippen molar-refractivity contribution in [2.75, 3.05) is 0 Å². The van der Waals surface area contributed by atoms with Crippen molar-refractivity contribution >= 4 is 0 Å². The zero-order valence-corrected chi connectivity index (χ0v) is 58.8. The molecule has 8 aliphatic rings. The molecule has 20 rings (SSSR count). The maximum Gasteiger partial charge on any atom is 0.0249 e. The van der Waals surface area contributed by atoms with Gasteiger partial charge in [-0.3, -0.25) is 0 Å². The van der Waals surface area contributed by atoms with E-state index in [9.17, 15) is 0 Å². The smallest absolute Gasteiger partial charge is 0.0249 e. The second kappa shape index (κ2) is 28.1. The summed E-state index contributed by atoms with van der Waals surface area (Å²) in [5, 5.41) is 0. The normalized spacial score (nSPS) is 23.7. The van der Waals surface area contributed by atoms with Crippen LogP contribution in [0.4, 0.5) is 0 Å². The maximum absolute atomic E-state index is 3.46. The molecule has 8 saturated carbocycles. The van der Waals surface area contributed by atoms with Crippen molar-refractivity contribution in [2.45, 2.75) is 110 Å². The van der Waals surface area contributed by atoms with Crippen molar-refractivity contribution in [2.24, 2.45) is 11.8 Å². The fourth-order valence-corrected chi connectivity index (χ4v) is 20.2. The van der Waals surface area contributed by atoms with Gasteiger partial charge in [0.05, 0.1) is 0 Å². The standard InChI is InChI=1S/C66H48.C38H32/c1-5-13-51(14-6-1)21-25-55-29-37-59(38-30-55)63-45-64(60-39-31-56(32-40-60)26-22-52-15-7-2-8-16-52)48-65(46-63,61-41-33-57(34-42-61)27-23-53-17-9-3-10-18-53)50-66(47-63,49-64)62-43-35-58(36-44-62)28-24-54-19-11-4-12-20-54;1-3-7-29(8-4-1)11-13-31-15-19-35(20-16-31)37-24-33-23-34(25-37)27-38(26-33,28-37)36-21-17-32(18-22-36)14-12-30-9-5-2-6-10-30/h1-20,29-44H,45-50H2;1-10,15-22,33-34H,23-28H2. The average molecular weight is 1330 g/mol. The van der Waals surface area contributed by atoms with E-state index in [-0.39, 0.29) is 21.7 Å². The molecule has 0 aliphatic heterocycles. The molecule has 0 atom stereocenters. The molecule has 496 valence electrons. The van der Waals surface area contributed by atoms with Gasteiger partial charge >= 0.3 is 0 Å². The lowest BCUT2D eigenvalue weighted by Gasteiger charge is -2.71. The van der Waals surface area contributed by atoms with Crippen molar-refractivity contribution in [3.63, 3.8) is 0 Å². The first-order valence-corrected chi connectivity index (χ1v) is 37.2. The Balaban J connectivity index is 0.000000178. The number of hydrogen-bond donors (Lipinski definition) is 0. The van der Waals surface area contributed by atoms with E-state index in [1.807, 2.05) is 109 Å². The summed E-state index contributed by atoms with van der Waals surface area (Å²) in [4.78, 5) is 0. The van der Waals surface area contributed by atoms with Crippen LogP contribution in [0.1, 0.15) is 177 Å². The fourth-order valence-electron chi connectivity index (χ4n) is 20.2. The third-order valence-electron chi connectivity index (χ3n) is 23.9. The first kappa shape index (κ1) is 65.3. The Bertz CT molecular complexity index is 4840. The number of rotatable bonds is 6. The van der Waals surface area contributed by atoms with Gasteiger partial charge in [-0.05, 0) is 300 Å². The Labute approximate surface area is 616 Å². The predicted molar refractivity (Wildman–Crippen MR) is 426 cm³/mol. The quantitative estimate of drug-likeness (QED) is 0.146. The van der Waals surface area contributed by atoms with Crippen LogP contribution >= 0.6 is 0 Å². The maximum atomic E-state index is 3.46. The van der Waals surface area contributed by atoms with Crippen LogP contribution < -0.4 is 0 Å². The molecule has 104 heavy (non-hydrogen) atoms. The summed E-state index contributed by atoms with van der Waals surface area (Å²) in [6, 6.07) is 117. The zero-order valence-electron chi connectivity index (χ0n) is 58.8. The molecule has 0 radical (unpaired) electrons. The van der Waals surface area contributed by atoms with E-state index in [1.54, 1.807) is 0 Å². The minimum absolute atomic E-state index is 0.0799. The lowest BCUT2D eigenvalue weighted by molar-refractivity contribution is -0.0691. The van der Waals surface area contributed by atoms with Gasteiger partial charge in [0, 0.05) is 66.8 Å². The Morgan fingerprint density at radius 1 is 0.154 bits per heavy atom. The molecule has 0 amide bonds. The molecule has 0 aromatic heterocycles. The van der Waals surface area contributed by atoms with E-state index in [2.05, 4.69) is 289 Å². The van der Waals surface area contributed by atoms with Crippen LogP contribution in [0.15, 0.2) is 328 Å². The van der Waals surface area contributed by atoms with Gasteiger partial charge in [0.2, 0.25) is 0 Å². The number of hydrogen-bond acceptors (Lipinski definition) is 0. The van der Waals surface area contributed by atoms with Gasteiger partial charge in [-0.25, -0.2) is 0 Å². The van der Waals surface area contributed by atoms with E-state index < -0.39 is 0 Å². The SMILES string of the molecule is C(#Cc1ccc(C23CC4(c5ccc(C#Cc6ccccc6)cc5)CC(c5ccc(C#Cc6ccccc6)cc5)(C2)CC(c2ccc(C#Cc5ccccc5)cc2)(C3)C4)cc1)c1ccccc1.C(#Cc1ccc(C23CC4CC(C2)CC(c2ccc(C#Cc5ccccc5)cc2)(C4)C3)cc1)c1ccccc1. The molecule has 0 unspecified atom stereocenters. The Kier molecular flexibility index (Phi) is 17.6. The summed E-state index contributed by atoms with van der Waals surface area (Å²) >= 11 is 0. The largest absolute Gasteiger partial charge is 0.0622 e. The fraction of sp³-hybridized carbons (Fsp3) is 0.192. The average Bonchev–Trinajstić information content (AvgIpc) is 0.664. The molecular formula is C104H80. The third kappa shape index (κ3) is 13.7. The lowest BCUT2D eigenvalue weighted by Crippen LogP contribution is -2.67. The van der Waals surface area contributed by atoms with Crippen molar-refractivity contribution in [1.82, 2.24) is 0 Å². The highest BCUT2D eigenvalue weighted by Gasteiger charge is 2.69. The lowest BCUT2D eigenvalue weighted by atomic mass is 9.32. The van der Waals surface area contributed by atoms with E-state index >= 15 is 0 Å². The predicted octanol–water partition coefficient (Wildman–Crippen LogP) is 22.0. The van der Waals surface area contributed by atoms with Gasteiger partial charge in [-0.1, -0.05) is 253 Å². The van der Waals surface area contributed by atoms with Gasteiger partial charge in [0.15, 0.2) is 0 Å². The van der Waals surface area contributed by atoms with Gasteiger partial charge in [0.25, 0.3) is 0 Å². The minimum atomic E-state index is -0.0799. The van der Waals surface area contributed by atoms with Gasteiger partial charge < -0.3 is 0 Å². The molecule has 12 aromatic rings. The highest BCUT2D eigenvalue weighted by Crippen LogP contribution is 2.75. The van der Waals surface area contributed by atoms with Gasteiger partial charge in [-0.15, -0.1) is 0 Å². The summed E-state index contributed by atoms with van der Waals surface area (Å²) in [6.45, 7) is 0.